The van der Waals surface area contributed by atoms with Crippen molar-refractivity contribution in [1.82, 2.24) is 20.2 Å². The average Bonchev–Trinajstić information content (AvgIpc) is 3.20. The van der Waals surface area contributed by atoms with Gasteiger partial charge in [-0.1, -0.05) is 39.0 Å². The zero-order valence-electron chi connectivity index (χ0n) is 21.5. The highest BCUT2D eigenvalue weighted by atomic mass is 32.2. The second kappa shape index (κ2) is 13.2. The molecule has 0 saturated heterocycles. The number of rotatable bonds is 8. The fourth-order valence-electron chi connectivity index (χ4n) is 4.49. The third-order valence-corrected chi connectivity index (χ3v) is 7.02. The maximum atomic E-state index is 12.9. The molecule has 2 aromatic heterocycles. The summed E-state index contributed by atoms with van der Waals surface area (Å²) in [6.45, 7) is 7.71. The van der Waals surface area contributed by atoms with Gasteiger partial charge in [0.2, 0.25) is 0 Å². The maximum absolute atomic E-state index is 12.9. The van der Waals surface area contributed by atoms with Crippen molar-refractivity contribution in [1.29, 1.82) is 0 Å². The van der Waals surface area contributed by atoms with Gasteiger partial charge in [-0.3, -0.25) is 19.7 Å². The minimum absolute atomic E-state index is 0. The minimum Gasteiger partial charge on any atom is -0.412 e. The molecule has 0 unspecified atom stereocenters. The van der Waals surface area contributed by atoms with Crippen molar-refractivity contribution in [2.24, 2.45) is 5.92 Å². The summed E-state index contributed by atoms with van der Waals surface area (Å²) in [5, 5.41) is 2.96. The largest absolute Gasteiger partial charge is 0.433 e. The molecule has 0 fully saturated rings. The van der Waals surface area contributed by atoms with Crippen molar-refractivity contribution >= 4 is 17.7 Å². The Kier molecular flexibility index (Phi) is 10.8. The number of hydrogen-bond acceptors (Lipinski definition) is 5. The van der Waals surface area contributed by atoms with E-state index in [9.17, 15) is 18.0 Å². The summed E-state index contributed by atoms with van der Waals surface area (Å²) in [5.74, 6) is 1.05. The molecule has 0 aliphatic carbocycles. The van der Waals surface area contributed by atoms with Gasteiger partial charge < -0.3 is 16.3 Å². The molecule has 4 rings (SSSR count). The molecule has 38 heavy (non-hydrogen) atoms. The molecular formula is C27H35F3N4O3S. The normalized spacial score (nSPS) is 15.0. The molecule has 1 aromatic carbocycles. The molecule has 11 heteroatoms. The van der Waals surface area contributed by atoms with Gasteiger partial charge in [0.25, 0.3) is 5.91 Å². The number of carbonyl (C=O) groups excluding carboxylic acids is 1. The van der Waals surface area contributed by atoms with Crippen LogP contribution in [0.1, 0.15) is 66.7 Å². The number of thioether (sulfide) groups is 1. The van der Waals surface area contributed by atoms with Gasteiger partial charge in [0.15, 0.2) is 0 Å². The topological polar surface area (TPSA) is 121 Å². The lowest BCUT2D eigenvalue weighted by molar-refractivity contribution is -0.141. The Morgan fingerprint density at radius 3 is 2.37 bits per heavy atom. The molecule has 0 radical (unpaired) electrons. The van der Waals surface area contributed by atoms with Crippen molar-refractivity contribution in [3.8, 4) is 0 Å². The number of benzene rings is 1. The predicted octanol–water partition coefficient (Wildman–Crippen LogP) is 4.85. The highest BCUT2D eigenvalue weighted by Crippen LogP contribution is 2.38. The smallest absolute Gasteiger partial charge is 0.412 e. The van der Waals surface area contributed by atoms with E-state index in [0.717, 1.165) is 28.6 Å². The molecule has 1 amide bonds. The SMILES string of the molecule is CCSc1ccc(CNC(=O)c2cnc3c(c2)CN(Cc2ccc(C(F)(F)F)nc2)[C@@H]3C(C)C)cc1.O.O.[HH]. The second-order valence-electron chi connectivity index (χ2n) is 9.17. The van der Waals surface area contributed by atoms with E-state index in [1.165, 1.54) is 17.2 Å². The molecule has 1 aliphatic heterocycles. The van der Waals surface area contributed by atoms with Gasteiger partial charge in [-0.25, -0.2) is 0 Å². The van der Waals surface area contributed by atoms with Gasteiger partial charge in [0.05, 0.1) is 17.3 Å². The van der Waals surface area contributed by atoms with Crippen molar-refractivity contribution in [2.75, 3.05) is 5.75 Å². The number of halogens is 3. The Morgan fingerprint density at radius 1 is 1.11 bits per heavy atom. The van der Waals surface area contributed by atoms with Crippen LogP contribution < -0.4 is 5.32 Å². The lowest BCUT2D eigenvalue weighted by Crippen LogP contribution is -2.26. The monoisotopic (exact) mass is 552 g/mol. The van der Waals surface area contributed by atoms with Gasteiger partial charge in [0.1, 0.15) is 5.69 Å². The number of amides is 1. The Morgan fingerprint density at radius 2 is 1.79 bits per heavy atom. The second-order valence-corrected chi connectivity index (χ2v) is 10.5. The number of alkyl halides is 3. The summed E-state index contributed by atoms with van der Waals surface area (Å²) in [6, 6.07) is 12.5. The first kappa shape index (κ1) is 31.2. The number of fused-ring (bicyclic) bond motifs is 1. The molecule has 208 valence electrons. The van der Waals surface area contributed by atoms with Crippen molar-refractivity contribution in [2.45, 2.75) is 57.5 Å². The van der Waals surface area contributed by atoms with E-state index >= 15 is 0 Å². The molecule has 1 atom stereocenters. The van der Waals surface area contributed by atoms with Gasteiger partial charge in [0, 0.05) is 38.4 Å². The molecule has 0 spiro atoms. The van der Waals surface area contributed by atoms with E-state index in [2.05, 4.69) is 53.1 Å². The van der Waals surface area contributed by atoms with Crippen molar-refractivity contribution < 1.29 is 30.3 Å². The van der Waals surface area contributed by atoms with E-state index < -0.39 is 11.9 Å². The molecular weight excluding hydrogens is 517 g/mol. The number of carbonyl (C=O) groups is 1. The summed E-state index contributed by atoms with van der Waals surface area (Å²) in [4.78, 5) is 24.4. The van der Waals surface area contributed by atoms with Crippen LogP contribution in [0.2, 0.25) is 0 Å². The molecule has 1 aliphatic rings. The van der Waals surface area contributed by atoms with Crippen LogP contribution in [0.15, 0.2) is 59.8 Å². The van der Waals surface area contributed by atoms with E-state index in [-0.39, 0.29) is 30.2 Å². The third-order valence-electron chi connectivity index (χ3n) is 6.13. The van der Waals surface area contributed by atoms with Crippen LogP contribution in [0.4, 0.5) is 13.2 Å². The number of pyridine rings is 2. The fourth-order valence-corrected chi connectivity index (χ4v) is 5.16. The Hall–Kier alpha value is -2.99. The van der Waals surface area contributed by atoms with E-state index in [0.29, 0.717) is 30.8 Å². The third kappa shape index (κ3) is 7.31. The predicted molar refractivity (Wildman–Crippen MR) is 144 cm³/mol. The molecule has 3 aromatic rings. The molecule has 0 bridgehead atoms. The average molecular weight is 553 g/mol. The maximum Gasteiger partial charge on any atom is 0.433 e. The fraction of sp³-hybridized carbons (Fsp3) is 0.370. The molecule has 7 nitrogen and oxygen atoms in total. The molecule has 3 heterocycles. The number of hydrogen-bond donors (Lipinski definition) is 1. The number of nitrogens with zero attached hydrogens (tertiary/aromatic N) is 3. The van der Waals surface area contributed by atoms with Crippen LogP contribution in [0.25, 0.3) is 0 Å². The van der Waals surface area contributed by atoms with Crippen LogP contribution in [-0.4, -0.2) is 37.5 Å². The lowest BCUT2D eigenvalue weighted by atomic mass is 9.99. The lowest BCUT2D eigenvalue weighted by Gasteiger charge is -2.27. The van der Waals surface area contributed by atoms with E-state index in [1.807, 2.05) is 18.2 Å². The van der Waals surface area contributed by atoms with E-state index in [1.54, 1.807) is 18.0 Å². The highest BCUT2D eigenvalue weighted by Gasteiger charge is 2.35. The van der Waals surface area contributed by atoms with Crippen molar-refractivity contribution in [3.63, 3.8) is 0 Å². The van der Waals surface area contributed by atoms with Crippen LogP contribution >= 0.6 is 11.8 Å². The zero-order valence-corrected chi connectivity index (χ0v) is 22.3. The number of aromatic nitrogens is 2. The van der Waals surface area contributed by atoms with Gasteiger partial charge >= 0.3 is 6.18 Å². The quantitative estimate of drug-likeness (QED) is 0.401. The Labute approximate surface area is 226 Å². The molecule has 5 N–H and O–H groups in total. The van der Waals surface area contributed by atoms with Crippen molar-refractivity contribution in [3.05, 3.63) is 88.5 Å². The summed E-state index contributed by atoms with van der Waals surface area (Å²) < 4.78 is 38.6. The first-order valence-electron chi connectivity index (χ1n) is 11.9. The van der Waals surface area contributed by atoms with Gasteiger partial charge in [-0.15, -0.1) is 11.8 Å². The van der Waals surface area contributed by atoms with Crippen LogP contribution in [0, 0.1) is 5.92 Å². The zero-order chi connectivity index (χ0) is 25.9. The first-order chi connectivity index (χ1) is 17.2. The summed E-state index contributed by atoms with van der Waals surface area (Å²) in [7, 11) is 0. The van der Waals surface area contributed by atoms with Gasteiger partial charge in [-0.05, 0) is 52.6 Å². The summed E-state index contributed by atoms with van der Waals surface area (Å²) in [6.07, 6.45) is -1.57. The minimum atomic E-state index is -4.46. The first-order valence-corrected chi connectivity index (χ1v) is 12.9. The standard InChI is InChI=1S/C27H29F3N4OS.2H2O.H2/c1-4-36-22-8-5-18(6-9-22)12-33-26(35)20-11-21-16-34(25(17(2)3)24(21)32-14-20)15-19-7-10-23(31-13-19)27(28,29)30;;;/h5-11,13-14,17,25H,4,12,15-16H2,1-3H3,(H,33,35);2*1H2;1H/t25-;;;/m1.../s1. The van der Waals surface area contributed by atoms with Crippen LogP contribution in [0.5, 0.6) is 0 Å². The Balaban J connectivity index is 0.00000253. The summed E-state index contributed by atoms with van der Waals surface area (Å²) in [5.41, 5.74) is 3.18. The van der Waals surface area contributed by atoms with Crippen LogP contribution in [0.3, 0.4) is 0 Å². The molecule has 0 saturated carbocycles. The highest BCUT2D eigenvalue weighted by molar-refractivity contribution is 7.99. The summed E-state index contributed by atoms with van der Waals surface area (Å²) >= 11 is 1.77. The Bertz CT molecular complexity index is 1210. The van der Waals surface area contributed by atoms with Gasteiger partial charge in [-0.2, -0.15) is 13.2 Å². The van der Waals surface area contributed by atoms with E-state index in [4.69, 9.17) is 0 Å². The van der Waals surface area contributed by atoms with Crippen LogP contribution in [-0.2, 0) is 25.8 Å². The number of nitrogens with one attached hydrogen (secondary N) is 1.